The predicted molar refractivity (Wildman–Crippen MR) is 70.1 cm³/mol. The highest BCUT2D eigenvalue weighted by atomic mass is 35.5. The van der Waals surface area contributed by atoms with Gasteiger partial charge in [0.1, 0.15) is 10.6 Å². The van der Waals surface area contributed by atoms with Gasteiger partial charge in [-0.3, -0.25) is 4.79 Å². The molecule has 0 fully saturated rings. The van der Waals surface area contributed by atoms with Gasteiger partial charge in [-0.2, -0.15) is 8.78 Å². The topological polar surface area (TPSA) is 92.7 Å². The lowest BCUT2D eigenvalue weighted by Crippen LogP contribution is -2.26. The highest BCUT2D eigenvalue weighted by Gasteiger charge is 2.22. The fourth-order valence-electron chi connectivity index (χ4n) is 1.41. The van der Waals surface area contributed by atoms with Crippen molar-refractivity contribution in [3.05, 3.63) is 23.2 Å². The number of rotatable bonds is 8. The van der Waals surface area contributed by atoms with Gasteiger partial charge in [0, 0.05) is 18.0 Å². The Hall–Kier alpha value is -1.45. The van der Waals surface area contributed by atoms with Crippen molar-refractivity contribution < 1.29 is 31.8 Å². The summed E-state index contributed by atoms with van der Waals surface area (Å²) in [6.45, 7) is -3.35. The number of sulfonamides is 1. The molecule has 1 aromatic rings. The Morgan fingerprint density at radius 2 is 2.10 bits per heavy atom. The van der Waals surface area contributed by atoms with Crippen LogP contribution >= 0.6 is 11.6 Å². The standard InChI is InChI=1S/C11H12ClF2NO5S/c12-7-3-4-8(20-11(13)14)9(6-7)21(18,19)15-5-1-2-10(16)17/h3-4,6,11,15H,1-2,5H2,(H,16,17). The first-order chi connectivity index (χ1) is 9.72. The summed E-state index contributed by atoms with van der Waals surface area (Å²) in [5.74, 6) is -1.61. The van der Waals surface area contributed by atoms with Crippen LogP contribution in [0.2, 0.25) is 5.02 Å². The number of nitrogens with one attached hydrogen (secondary N) is 1. The molecule has 0 unspecified atom stereocenters. The Kier molecular flexibility index (Phi) is 6.31. The lowest BCUT2D eigenvalue weighted by Gasteiger charge is -2.12. The second-order valence-corrected chi connectivity index (χ2v) is 6.04. The van der Waals surface area contributed by atoms with E-state index in [-0.39, 0.29) is 24.4 Å². The number of carboxylic acids is 1. The maximum Gasteiger partial charge on any atom is 0.387 e. The first kappa shape index (κ1) is 17.6. The third-order valence-corrected chi connectivity index (χ3v) is 3.99. The number of aliphatic carboxylic acids is 1. The number of halogens is 3. The summed E-state index contributed by atoms with van der Waals surface area (Å²) >= 11 is 5.65. The van der Waals surface area contributed by atoms with Gasteiger partial charge >= 0.3 is 12.6 Å². The van der Waals surface area contributed by atoms with Gasteiger partial charge in [-0.05, 0) is 24.6 Å². The molecule has 10 heteroatoms. The average molecular weight is 344 g/mol. The SMILES string of the molecule is O=C(O)CCCNS(=O)(=O)c1cc(Cl)ccc1OC(F)F. The van der Waals surface area contributed by atoms with Gasteiger partial charge in [0.15, 0.2) is 0 Å². The molecule has 2 N–H and O–H groups in total. The van der Waals surface area contributed by atoms with Crippen LogP contribution < -0.4 is 9.46 Å². The minimum atomic E-state index is -4.14. The summed E-state index contributed by atoms with van der Waals surface area (Å²) in [6, 6.07) is 3.20. The molecular weight excluding hydrogens is 332 g/mol. The van der Waals surface area contributed by atoms with Crippen LogP contribution in [0.15, 0.2) is 23.1 Å². The van der Waals surface area contributed by atoms with Crippen LogP contribution in [0.4, 0.5) is 8.78 Å². The van der Waals surface area contributed by atoms with Gasteiger partial charge in [-0.1, -0.05) is 11.6 Å². The van der Waals surface area contributed by atoms with E-state index in [9.17, 15) is 22.0 Å². The van der Waals surface area contributed by atoms with Gasteiger partial charge in [-0.15, -0.1) is 0 Å². The predicted octanol–water partition coefficient (Wildman–Crippen LogP) is 2.08. The summed E-state index contributed by atoms with van der Waals surface area (Å²) in [5, 5.41) is 8.47. The van der Waals surface area contributed by atoms with E-state index in [2.05, 4.69) is 9.46 Å². The second-order valence-electron chi connectivity index (χ2n) is 3.86. The molecule has 0 aliphatic rings. The van der Waals surface area contributed by atoms with E-state index in [4.69, 9.17) is 16.7 Å². The third-order valence-electron chi connectivity index (χ3n) is 2.27. The minimum absolute atomic E-state index is 0.0301. The van der Waals surface area contributed by atoms with Gasteiger partial charge in [0.05, 0.1) is 0 Å². The van der Waals surface area contributed by atoms with Gasteiger partial charge in [-0.25, -0.2) is 13.1 Å². The molecule has 0 atom stereocenters. The Morgan fingerprint density at radius 3 is 2.67 bits per heavy atom. The molecule has 0 saturated carbocycles. The zero-order valence-electron chi connectivity index (χ0n) is 10.6. The summed E-state index contributed by atoms with van der Waals surface area (Å²) in [7, 11) is -4.14. The molecule has 0 aliphatic carbocycles. The van der Waals surface area contributed by atoms with Crippen LogP contribution in [-0.4, -0.2) is 32.6 Å². The molecule has 0 radical (unpaired) electrons. The van der Waals surface area contributed by atoms with Crippen molar-refractivity contribution in [1.82, 2.24) is 4.72 Å². The number of carboxylic acid groups (broad SMARTS) is 1. The summed E-state index contributed by atoms with van der Waals surface area (Å²) in [5.41, 5.74) is 0. The largest absolute Gasteiger partial charge is 0.481 e. The maximum atomic E-state index is 12.2. The molecule has 0 saturated heterocycles. The Balaban J connectivity index is 2.90. The fourth-order valence-corrected chi connectivity index (χ4v) is 2.88. The van der Waals surface area contributed by atoms with E-state index >= 15 is 0 Å². The first-order valence-electron chi connectivity index (χ1n) is 5.68. The van der Waals surface area contributed by atoms with E-state index in [1.807, 2.05) is 0 Å². The van der Waals surface area contributed by atoms with E-state index in [1.54, 1.807) is 0 Å². The molecule has 0 bridgehead atoms. The molecule has 0 spiro atoms. The smallest absolute Gasteiger partial charge is 0.387 e. The number of hydrogen-bond donors (Lipinski definition) is 2. The van der Waals surface area contributed by atoms with Crippen molar-refractivity contribution in [2.24, 2.45) is 0 Å². The number of benzene rings is 1. The number of hydrogen-bond acceptors (Lipinski definition) is 4. The monoisotopic (exact) mass is 343 g/mol. The second kappa shape index (κ2) is 7.53. The fraction of sp³-hybridized carbons (Fsp3) is 0.364. The zero-order valence-corrected chi connectivity index (χ0v) is 12.1. The normalized spacial score (nSPS) is 11.6. The van der Waals surface area contributed by atoms with E-state index in [0.717, 1.165) is 12.1 Å². The third kappa shape index (κ3) is 5.82. The molecule has 0 aliphatic heterocycles. The van der Waals surface area contributed by atoms with Gasteiger partial charge in [0.2, 0.25) is 10.0 Å². The van der Waals surface area contributed by atoms with Crippen molar-refractivity contribution >= 4 is 27.6 Å². The van der Waals surface area contributed by atoms with E-state index < -0.39 is 33.2 Å². The lowest BCUT2D eigenvalue weighted by molar-refractivity contribution is -0.137. The lowest BCUT2D eigenvalue weighted by atomic mass is 10.3. The van der Waals surface area contributed by atoms with Crippen LogP contribution in [0.3, 0.4) is 0 Å². The Labute approximate surface area is 124 Å². The van der Waals surface area contributed by atoms with Crippen molar-refractivity contribution in [1.29, 1.82) is 0 Å². The first-order valence-corrected chi connectivity index (χ1v) is 7.54. The van der Waals surface area contributed by atoms with Crippen LogP contribution in [0.5, 0.6) is 5.75 Å². The summed E-state index contributed by atoms with van der Waals surface area (Å²) < 4.78 is 54.7. The molecular formula is C11H12ClF2NO5S. The number of carbonyl (C=O) groups is 1. The van der Waals surface area contributed by atoms with Crippen molar-refractivity contribution in [3.63, 3.8) is 0 Å². The molecule has 0 heterocycles. The number of ether oxygens (including phenoxy) is 1. The van der Waals surface area contributed by atoms with E-state index in [0.29, 0.717) is 0 Å². The van der Waals surface area contributed by atoms with Gasteiger partial charge < -0.3 is 9.84 Å². The molecule has 118 valence electrons. The van der Waals surface area contributed by atoms with Gasteiger partial charge in [0.25, 0.3) is 0 Å². The molecule has 1 aromatic carbocycles. The Bertz CT molecular complexity index is 609. The van der Waals surface area contributed by atoms with Crippen molar-refractivity contribution in [3.8, 4) is 5.75 Å². The molecule has 0 amide bonds. The number of alkyl halides is 2. The summed E-state index contributed by atoms with van der Waals surface area (Å²) in [6.07, 6.45) is -0.168. The van der Waals surface area contributed by atoms with Crippen molar-refractivity contribution in [2.45, 2.75) is 24.3 Å². The molecule has 1 rings (SSSR count). The molecule has 6 nitrogen and oxygen atoms in total. The molecule has 21 heavy (non-hydrogen) atoms. The summed E-state index contributed by atoms with van der Waals surface area (Å²) in [4.78, 5) is 9.78. The van der Waals surface area contributed by atoms with Crippen LogP contribution in [0, 0.1) is 0 Å². The maximum absolute atomic E-state index is 12.2. The zero-order chi connectivity index (χ0) is 16.0. The highest BCUT2D eigenvalue weighted by Crippen LogP contribution is 2.28. The van der Waals surface area contributed by atoms with E-state index in [1.165, 1.54) is 6.07 Å². The minimum Gasteiger partial charge on any atom is -0.481 e. The quantitative estimate of drug-likeness (QED) is 0.705. The van der Waals surface area contributed by atoms with Crippen LogP contribution in [-0.2, 0) is 14.8 Å². The average Bonchev–Trinajstić information content (AvgIpc) is 2.36. The van der Waals surface area contributed by atoms with Crippen LogP contribution in [0.25, 0.3) is 0 Å². The Morgan fingerprint density at radius 1 is 1.43 bits per heavy atom. The van der Waals surface area contributed by atoms with Crippen molar-refractivity contribution in [2.75, 3.05) is 6.54 Å². The highest BCUT2D eigenvalue weighted by molar-refractivity contribution is 7.89. The van der Waals surface area contributed by atoms with Crippen LogP contribution in [0.1, 0.15) is 12.8 Å². The molecule has 0 aromatic heterocycles.